The van der Waals surface area contributed by atoms with Gasteiger partial charge >= 0.3 is 6.36 Å². The van der Waals surface area contributed by atoms with Crippen molar-refractivity contribution in [1.29, 1.82) is 0 Å². The van der Waals surface area contributed by atoms with E-state index in [1.165, 1.54) is 18.2 Å². The number of ether oxygens (including phenoxy) is 1. The molecule has 33 heavy (non-hydrogen) atoms. The molecule has 0 spiro atoms. The molecule has 0 atom stereocenters. The summed E-state index contributed by atoms with van der Waals surface area (Å²) < 4.78 is 61.3. The fourth-order valence-corrected chi connectivity index (χ4v) is 3.02. The summed E-state index contributed by atoms with van der Waals surface area (Å²) in [4.78, 5) is 16.7. The van der Waals surface area contributed by atoms with Crippen LogP contribution in [-0.4, -0.2) is 27.0 Å². The fraction of sp³-hybridized carbons (Fsp3) is 0.136. The van der Waals surface area contributed by atoms with Crippen LogP contribution in [0.15, 0.2) is 65.3 Å². The molecule has 0 saturated heterocycles. The van der Waals surface area contributed by atoms with Crippen molar-refractivity contribution in [2.24, 2.45) is 0 Å². The first-order valence-corrected chi connectivity index (χ1v) is 9.59. The first-order chi connectivity index (χ1) is 15.7. The lowest BCUT2D eigenvalue weighted by molar-refractivity contribution is -0.274. The number of benzene rings is 2. The summed E-state index contributed by atoms with van der Waals surface area (Å²) in [5, 5.41) is 6.47. The first-order valence-electron chi connectivity index (χ1n) is 9.59. The second kappa shape index (κ2) is 8.77. The molecule has 1 amide bonds. The fourth-order valence-electron chi connectivity index (χ4n) is 3.02. The molecule has 0 fully saturated rings. The number of hydrogen-bond donors (Lipinski definition) is 1. The molecule has 2 aromatic heterocycles. The molecule has 0 bridgehead atoms. The van der Waals surface area contributed by atoms with Crippen LogP contribution in [0.3, 0.4) is 0 Å². The topological polar surface area (TPSA) is 82.2 Å². The largest absolute Gasteiger partial charge is 0.573 e. The molecule has 0 aliphatic heterocycles. The Morgan fingerprint density at radius 3 is 2.61 bits per heavy atom. The van der Waals surface area contributed by atoms with Crippen LogP contribution in [0.5, 0.6) is 5.75 Å². The molecule has 11 heteroatoms. The van der Waals surface area contributed by atoms with E-state index in [0.29, 0.717) is 22.5 Å². The number of aromatic nitrogens is 3. The van der Waals surface area contributed by atoms with Gasteiger partial charge in [-0.25, -0.2) is 4.39 Å². The lowest BCUT2D eigenvalue weighted by Gasteiger charge is -2.09. The summed E-state index contributed by atoms with van der Waals surface area (Å²) in [6, 6.07) is 12.7. The van der Waals surface area contributed by atoms with E-state index in [4.69, 9.17) is 4.52 Å². The molecule has 7 nitrogen and oxygen atoms in total. The molecule has 170 valence electrons. The molecule has 2 heterocycles. The van der Waals surface area contributed by atoms with Gasteiger partial charge in [0.15, 0.2) is 0 Å². The lowest BCUT2D eigenvalue weighted by atomic mass is 10.2. The monoisotopic (exact) mass is 460 g/mol. The Bertz CT molecular complexity index is 1280. The Hall–Kier alpha value is -4.15. The number of anilines is 1. The normalized spacial score (nSPS) is 11.4. The molecule has 4 rings (SSSR count). The van der Waals surface area contributed by atoms with Crippen molar-refractivity contribution < 1.29 is 31.6 Å². The number of nitrogens with one attached hydrogen (secondary N) is 1. The predicted octanol–water partition coefficient (Wildman–Crippen LogP) is 5.19. The third-order valence-electron chi connectivity index (χ3n) is 4.59. The van der Waals surface area contributed by atoms with Gasteiger partial charge in [-0.05, 0) is 61.0 Å². The molecule has 1 N–H and O–H groups in total. The van der Waals surface area contributed by atoms with E-state index in [1.54, 1.807) is 42.0 Å². The number of halogens is 4. The van der Waals surface area contributed by atoms with Crippen molar-refractivity contribution in [3.63, 3.8) is 0 Å². The van der Waals surface area contributed by atoms with E-state index >= 15 is 0 Å². The van der Waals surface area contributed by atoms with Crippen LogP contribution < -0.4 is 10.1 Å². The van der Waals surface area contributed by atoms with Crippen molar-refractivity contribution in [1.82, 2.24) is 14.7 Å². The number of aryl methyl sites for hydroxylation is 1. The maximum absolute atomic E-state index is 13.7. The van der Waals surface area contributed by atoms with Gasteiger partial charge in [-0.3, -0.25) is 4.79 Å². The van der Waals surface area contributed by atoms with E-state index in [-0.39, 0.29) is 24.0 Å². The summed E-state index contributed by atoms with van der Waals surface area (Å²) in [5.41, 5.74) is 1.66. The molecular weight excluding hydrogens is 444 g/mol. The Morgan fingerprint density at radius 2 is 1.91 bits per heavy atom. The van der Waals surface area contributed by atoms with Gasteiger partial charge in [0.25, 0.3) is 5.89 Å². The zero-order valence-corrected chi connectivity index (χ0v) is 17.1. The number of rotatable bonds is 6. The van der Waals surface area contributed by atoms with Crippen LogP contribution in [-0.2, 0) is 11.3 Å². The summed E-state index contributed by atoms with van der Waals surface area (Å²) >= 11 is 0. The number of carbonyl (C=O) groups excluding carboxylic acids is 1. The molecule has 0 radical (unpaired) electrons. The number of amides is 1. The zero-order valence-electron chi connectivity index (χ0n) is 17.1. The summed E-state index contributed by atoms with van der Waals surface area (Å²) in [6.07, 6.45) is -3.15. The minimum atomic E-state index is -4.79. The van der Waals surface area contributed by atoms with Crippen molar-refractivity contribution >= 4 is 11.6 Å². The van der Waals surface area contributed by atoms with Crippen LogP contribution >= 0.6 is 0 Å². The highest BCUT2D eigenvalue weighted by molar-refractivity contribution is 5.90. The first kappa shape index (κ1) is 22.1. The van der Waals surface area contributed by atoms with Gasteiger partial charge in [0.05, 0.1) is 0 Å². The van der Waals surface area contributed by atoms with Gasteiger partial charge in [0.1, 0.15) is 23.8 Å². The summed E-state index contributed by atoms with van der Waals surface area (Å²) in [7, 11) is 0. The number of alkyl halides is 3. The van der Waals surface area contributed by atoms with E-state index < -0.39 is 18.1 Å². The zero-order chi connectivity index (χ0) is 23.6. The van der Waals surface area contributed by atoms with E-state index in [2.05, 4.69) is 20.2 Å². The molecular formula is C22H16F4N4O3. The highest BCUT2D eigenvalue weighted by Gasteiger charge is 2.31. The Kier molecular flexibility index (Phi) is 5.86. The van der Waals surface area contributed by atoms with Gasteiger partial charge < -0.3 is 19.1 Å². The highest BCUT2D eigenvalue weighted by atomic mass is 19.4. The average molecular weight is 460 g/mol. The van der Waals surface area contributed by atoms with Gasteiger partial charge in [0.2, 0.25) is 11.7 Å². The van der Waals surface area contributed by atoms with Gasteiger partial charge in [-0.15, -0.1) is 13.2 Å². The highest BCUT2D eigenvalue weighted by Crippen LogP contribution is 2.27. The quantitative estimate of drug-likeness (QED) is 0.401. The third-order valence-corrected chi connectivity index (χ3v) is 4.59. The van der Waals surface area contributed by atoms with Gasteiger partial charge in [-0.2, -0.15) is 4.98 Å². The summed E-state index contributed by atoms with van der Waals surface area (Å²) in [6.45, 7) is 1.52. The number of carbonyl (C=O) groups is 1. The van der Waals surface area contributed by atoms with E-state index in [9.17, 15) is 22.4 Å². The van der Waals surface area contributed by atoms with Gasteiger partial charge in [-0.1, -0.05) is 11.2 Å². The van der Waals surface area contributed by atoms with E-state index in [0.717, 1.165) is 12.1 Å². The minimum Gasteiger partial charge on any atom is -0.406 e. The second-order valence-corrected chi connectivity index (χ2v) is 7.03. The lowest BCUT2D eigenvalue weighted by Crippen LogP contribution is -2.19. The molecule has 2 aromatic carbocycles. The van der Waals surface area contributed by atoms with Crippen molar-refractivity contribution in [3.05, 3.63) is 72.2 Å². The van der Waals surface area contributed by atoms with Crippen LogP contribution in [0.1, 0.15) is 5.56 Å². The number of nitrogens with zero attached hydrogens (tertiary/aromatic N) is 3. The van der Waals surface area contributed by atoms with Crippen LogP contribution in [0, 0.1) is 12.7 Å². The van der Waals surface area contributed by atoms with Crippen LogP contribution in [0.4, 0.5) is 23.2 Å². The molecule has 0 unspecified atom stereocenters. The average Bonchev–Trinajstić information content (AvgIpc) is 3.39. The van der Waals surface area contributed by atoms with Crippen molar-refractivity contribution in [2.75, 3.05) is 5.32 Å². The Morgan fingerprint density at radius 1 is 1.15 bits per heavy atom. The molecule has 4 aromatic rings. The maximum atomic E-state index is 13.7. The number of hydrogen-bond acceptors (Lipinski definition) is 5. The Labute approximate surface area is 184 Å². The molecule has 0 aliphatic rings. The van der Waals surface area contributed by atoms with Crippen LogP contribution in [0.2, 0.25) is 0 Å². The summed E-state index contributed by atoms with van der Waals surface area (Å²) in [5.74, 6) is -0.930. The van der Waals surface area contributed by atoms with E-state index in [1.807, 2.05) is 0 Å². The SMILES string of the molecule is Cc1ccc(NC(=O)Cn2cccc2-c2nc(-c3ccc(OC(F)(F)F)cc3)no2)cc1F. The standard InChI is InChI=1S/C22H16F4N4O3/c1-13-4-7-15(11-17(13)23)27-19(31)12-30-10-2-3-18(30)21-28-20(29-33-21)14-5-8-16(9-6-14)32-22(24,25)26/h2-11H,12H2,1H3,(H,27,31). The van der Waals surface area contributed by atoms with Crippen LogP contribution in [0.25, 0.3) is 23.0 Å². The predicted molar refractivity (Wildman–Crippen MR) is 110 cm³/mol. The smallest absolute Gasteiger partial charge is 0.406 e. The van der Waals surface area contributed by atoms with Crippen molar-refractivity contribution in [3.8, 4) is 28.7 Å². The van der Waals surface area contributed by atoms with Gasteiger partial charge in [0, 0.05) is 17.4 Å². The van der Waals surface area contributed by atoms with Crippen molar-refractivity contribution in [2.45, 2.75) is 19.8 Å². The minimum absolute atomic E-state index is 0.0982. The maximum Gasteiger partial charge on any atom is 0.573 e. The molecule has 0 saturated carbocycles. The molecule has 0 aliphatic carbocycles. The Balaban J connectivity index is 1.47. The third kappa shape index (κ3) is 5.37. The second-order valence-electron chi connectivity index (χ2n) is 7.03.